The van der Waals surface area contributed by atoms with Crippen molar-refractivity contribution in [2.24, 2.45) is 0 Å². The van der Waals surface area contributed by atoms with Crippen molar-refractivity contribution in [2.75, 3.05) is 31.3 Å². The summed E-state index contributed by atoms with van der Waals surface area (Å²) in [6.45, 7) is 2.27. The predicted molar refractivity (Wildman–Crippen MR) is 91.8 cm³/mol. The van der Waals surface area contributed by atoms with Gasteiger partial charge in [-0.15, -0.1) is 0 Å². The molecule has 134 valence electrons. The molecule has 2 fully saturated rings. The molecule has 1 aromatic carbocycles. The molecule has 5 heteroatoms. The maximum atomic E-state index is 13.6. The number of halogens is 1. The molecule has 0 amide bonds. The minimum absolute atomic E-state index is 0.183. The van der Waals surface area contributed by atoms with E-state index in [1.54, 1.807) is 12.1 Å². The first-order valence-electron chi connectivity index (χ1n) is 9.12. The van der Waals surface area contributed by atoms with Crippen molar-refractivity contribution in [3.8, 4) is 0 Å². The molecule has 0 radical (unpaired) electrons. The molecule has 1 unspecified atom stereocenters. The molecule has 1 N–H and O–H groups in total. The van der Waals surface area contributed by atoms with Gasteiger partial charge in [0, 0.05) is 31.5 Å². The minimum atomic E-state index is -0.572. The van der Waals surface area contributed by atoms with Crippen molar-refractivity contribution in [1.82, 2.24) is 0 Å². The zero-order valence-corrected chi connectivity index (χ0v) is 14.2. The zero-order chi connectivity index (χ0) is 16.8. The lowest BCUT2D eigenvalue weighted by Gasteiger charge is -2.33. The first kappa shape index (κ1) is 17.6. The SMILES string of the molecule is OC(COC1CCOCC1)CN(c1cccc(F)c1)C1CCCC1. The largest absolute Gasteiger partial charge is 0.389 e. The molecular formula is C19H28FNO3. The number of rotatable bonds is 7. The lowest BCUT2D eigenvalue weighted by molar-refractivity contribution is -0.0577. The highest BCUT2D eigenvalue weighted by atomic mass is 19.1. The van der Waals surface area contributed by atoms with E-state index in [0.717, 1.165) is 44.6 Å². The summed E-state index contributed by atoms with van der Waals surface area (Å²) in [6, 6.07) is 7.06. The highest BCUT2D eigenvalue weighted by Crippen LogP contribution is 2.29. The number of aliphatic hydroxyl groups is 1. The van der Waals surface area contributed by atoms with Crippen LogP contribution in [0.4, 0.5) is 10.1 Å². The van der Waals surface area contributed by atoms with E-state index in [-0.39, 0.29) is 11.9 Å². The Kier molecular flexibility index (Phi) is 6.46. The van der Waals surface area contributed by atoms with Gasteiger partial charge >= 0.3 is 0 Å². The van der Waals surface area contributed by atoms with Crippen LogP contribution >= 0.6 is 0 Å². The normalized spacial score (nSPS) is 21.1. The summed E-state index contributed by atoms with van der Waals surface area (Å²) >= 11 is 0. The Morgan fingerprint density at radius 3 is 2.67 bits per heavy atom. The van der Waals surface area contributed by atoms with Crippen LogP contribution in [-0.2, 0) is 9.47 Å². The number of ether oxygens (including phenoxy) is 2. The molecule has 1 atom stereocenters. The van der Waals surface area contributed by atoms with Gasteiger partial charge in [0.2, 0.25) is 0 Å². The van der Waals surface area contributed by atoms with E-state index >= 15 is 0 Å². The van der Waals surface area contributed by atoms with Crippen molar-refractivity contribution >= 4 is 5.69 Å². The third-order valence-electron chi connectivity index (χ3n) is 5.01. The third-order valence-corrected chi connectivity index (χ3v) is 5.01. The molecular weight excluding hydrogens is 309 g/mol. The average Bonchev–Trinajstić information content (AvgIpc) is 3.13. The monoisotopic (exact) mass is 337 g/mol. The van der Waals surface area contributed by atoms with E-state index in [1.807, 2.05) is 6.07 Å². The van der Waals surface area contributed by atoms with Gasteiger partial charge < -0.3 is 19.5 Å². The van der Waals surface area contributed by atoms with Gasteiger partial charge in [0.05, 0.1) is 18.8 Å². The van der Waals surface area contributed by atoms with Crippen LogP contribution in [0.5, 0.6) is 0 Å². The van der Waals surface area contributed by atoms with Crippen LogP contribution in [0.25, 0.3) is 0 Å². The van der Waals surface area contributed by atoms with E-state index in [4.69, 9.17) is 9.47 Å². The van der Waals surface area contributed by atoms with Gasteiger partial charge in [-0.25, -0.2) is 4.39 Å². The second-order valence-corrected chi connectivity index (χ2v) is 6.87. The molecule has 1 saturated heterocycles. The molecule has 1 saturated carbocycles. The second kappa shape index (κ2) is 8.79. The quantitative estimate of drug-likeness (QED) is 0.830. The Morgan fingerprint density at radius 2 is 1.96 bits per heavy atom. The molecule has 24 heavy (non-hydrogen) atoms. The van der Waals surface area contributed by atoms with Gasteiger partial charge in [-0.2, -0.15) is 0 Å². The maximum absolute atomic E-state index is 13.6. The smallest absolute Gasteiger partial charge is 0.125 e. The summed E-state index contributed by atoms with van der Waals surface area (Å²) in [5.41, 5.74) is 0.854. The molecule has 1 aliphatic carbocycles. The van der Waals surface area contributed by atoms with Crippen molar-refractivity contribution in [3.63, 3.8) is 0 Å². The zero-order valence-electron chi connectivity index (χ0n) is 14.2. The lowest BCUT2D eigenvalue weighted by Crippen LogP contribution is -2.41. The molecule has 0 spiro atoms. The van der Waals surface area contributed by atoms with Crippen LogP contribution in [0.3, 0.4) is 0 Å². The van der Waals surface area contributed by atoms with Gasteiger partial charge in [-0.1, -0.05) is 18.9 Å². The third kappa shape index (κ3) is 4.91. The van der Waals surface area contributed by atoms with E-state index in [2.05, 4.69) is 4.90 Å². The number of anilines is 1. The van der Waals surface area contributed by atoms with Crippen LogP contribution in [0, 0.1) is 5.82 Å². The minimum Gasteiger partial charge on any atom is -0.389 e. The fourth-order valence-electron chi connectivity index (χ4n) is 3.71. The average molecular weight is 337 g/mol. The van der Waals surface area contributed by atoms with Crippen LogP contribution in [0.2, 0.25) is 0 Å². The molecule has 1 aliphatic heterocycles. The molecule has 3 rings (SSSR count). The van der Waals surface area contributed by atoms with Crippen LogP contribution < -0.4 is 4.90 Å². The summed E-state index contributed by atoms with van der Waals surface area (Å²) < 4.78 is 24.8. The Hall–Kier alpha value is -1.17. The first-order chi connectivity index (χ1) is 11.7. The van der Waals surface area contributed by atoms with Gasteiger partial charge in [0.25, 0.3) is 0 Å². The van der Waals surface area contributed by atoms with Crippen molar-refractivity contribution in [1.29, 1.82) is 0 Å². The Labute approximate surface area is 143 Å². The lowest BCUT2D eigenvalue weighted by atomic mass is 10.1. The van der Waals surface area contributed by atoms with Gasteiger partial charge in [-0.05, 0) is 43.9 Å². The fraction of sp³-hybridized carbons (Fsp3) is 0.684. The summed E-state index contributed by atoms with van der Waals surface area (Å²) in [6.07, 6.45) is 6.00. The predicted octanol–water partition coefficient (Wildman–Crippen LogP) is 3.13. The van der Waals surface area contributed by atoms with Crippen molar-refractivity contribution < 1.29 is 19.0 Å². The van der Waals surface area contributed by atoms with Gasteiger partial charge in [0.15, 0.2) is 0 Å². The topological polar surface area (TPSA) is 41.9 Å². The number of nitrogens with zero attached hydrogens (tertiary/aromatic N) is 1. The summed E-state index contributed by atoms with van der Waals surface area (Å²) in [5, 5.41) is 10.4. The van der Waals surface area contributed by atoms with E-state index in [1.165, 1.54) is 18.9 Å². The molecule has 0 aromatic heterocycles. The van der Waals surface area contributed by atoms with E-state index < -0.39 is 6.10 Å². The molecule has 0 bridgehead atoms. The van der Waals surface area contributed by atoms with Crippen LogP contribution in [0.1, 0.15) is 38.5 Å². The van der Waals surface area contributed by atoms with E-state index in [0.29, 0.717) is 19.2 Å². The Morgan fingerprint density at radius 1 is 1.21 bits per heavy atom. The fourth-order valence-corrected chi connectivity index (χ4v) is 3.71. The van der Waals surface area contributed by atoms with Crippen LogP contribution in [0.15, 0.2) is 24.3 Å². The highest BCUT2D eigenvalue weighted by Gasteiger charge is 2.26. The Balaban J connectivity index is 1.58. The maximum Gasteiger partial charge on any atom is 0.125 e. The molecule has 2 aliphatic rings. The summed E-state index contributed by atoms with van der Waals surface area (Å²) in [7, 11) is 0. The van der Waals surface area contributed by atoms with Crippen LogP contribution in [-0.4, -0.2) is 49.7 Å². The standard InChI is InChI=1S/C19H28FNO3/c20-15-4-3-7-17(12-15)21(16-5-1-2-6-16)13-18(22)14-24-19-8-10-23-11-9-19/h3-4,7,12,16,18-19,22H,1-2,5-6,8-11,13-14H2. The molecule has 1 heterocycles. The number of hydrogen-bond acceptors (Lipinski definition) is 4. The second-order valence-electron chi connectivity index (χ2n) is 6.87. The molecule has 4 nitrogen and oxygen atoms in total. The number of benzene rings is 1. The summed E-state index contributed by atoms with van der Waals surface area (Å²) in [5.74, 6) is -0.233. The highest BCUT2D eigenvalue weighted by molar-refractivity contribution is 5.48. The van der Waals surface area contributed by atoms with Crippen molar-refractivity contribution in [3.05, 3.63) is 30.1 Å². The number of hydrogen-bond donors (Lipinski definition) is 1. The first-order valence-corrected chi connectivity index (χ1v) is 9.12. The van der Waals surface area contributed by atoms with Crippen molar-refractivity contribution in [2.45, 2.75) is 56.8 Å². The Bertz CT molecular complexity index is 501. The summed E-state index contributed by atoms with van der Waals surface area (Å²) in [4.78, 5) is 2.16. The van der Waals surface area contributed by atoms with Gasteiger partial charge in [-0.3, -0.25) is 0 Å². The van der Waals surface area contributed by atoms with Gasteiger partial charge in [0.1, 0.15) is 5.82 Å². The number of aliphatic hydroxyl groups excluding tert-OH is 1. The van der Waals surface area contributed by atoms with E-state index in [9.17, 15) is 9.50 Å². The molecule has 1 aromatic rings.